The van der Waals surface area contributed by atoms with E-state index in [1.54, 1.807) is 44.4 Å². The summed E-state index contributed by atoms with van der Waals surface area (Å²) in [5.41, 5.74) is 1.51. The van der Waals surface area contributed by atoms with E-state index < -0.39 is 6.43 Å². The molecular weight excluding hydrogens is 276 g/mol. The number of rotatable bonds is 5. The van der Waals surface area contributed by atoms with Crippen LogP contribution in [0.1, 0.15) is 23.2 Å². The minimum Gasteiger partial charge on any atom is -0.487 e. The molecule has 0 amide bonds. The third kappa shape index (κ3) is 3.46. The molecule has 6 heteroatoms. The average molecular weight is 293 g/mol. The Labute approximate surface area is 122 Å². The van der Waals surface area contributed by atoms with Crippen LogP contribution >= 0.6 is 0 Å². The third-order valence-electron chi connectivity index (χ3n) is 3.13. The summed E-state index contributed by atoms with van der Waals surface area (Å²) in [5.74, 6) is 6.27. The van der Waals surface area contributed by atoms with E-state index in [1.165, 1.54) is 11.1 Å². The van der Waals surface area contributed by atoms with Gasteiger partial charge in [-0.3, -0.25) is 4.98 Å². The SMILES string of the molecule is Cc1ncccc1OCc1c(C(F)F)cccc1N(C)N. The van der Waals surface area contributed by atoms with Gasteiger partial charge in [-0.1, -0.05) is 12.1 Å². The molecule has 0 unspecified atom stereocenters. The summed E-state index contributed by atoms with van der Waals surface area (Å²) in [7, 11) is 1.60. The summed E-state index contributed by atoms with van der Waals surface area (Å²) in [4.78, 5) is 4.10. The van der Waals surface area contributed by atoms with E-state index in [0.717, 1.165) is 0 Å². The summed E-state index contributed by atoms with van der Waals surface area (Å²) >= 11 is 0. The highest BCUT2D eigenvalue weighted by molar-refractivity contribution is 5.55. The standard InChI is InChI=1S/C15H17F2N3O/c1-10-14(7-4-8-19-10)21-9-12-11(15(16)17)5-3-6-13(12)20(2)18/h3-8,15H,9,18H2,1-2H3. The Morgan fingerprint density at radius 3 is 2.67 bits per heavy atom. The molecule has 1 aromatic heterocycles. The van der Waals surface area contributed by atoms with Gasteiger partial charge in [-0.05, 0) is 25.1 Å². The molecule has 0 aliphatic heterocycles. The maximum absolute atomic E-state index is 13.1. The van der Waals surface area contributed by atoms with Gasteiger partial charge in [0.25, 0.3) is 6.43 Å². The van der Waals surface area contributed by atoms with E-state index in [2.05, 4.69) is 4.98 Å². The van der Waals surface area contributed by atoms with Crippen molar-refractivity contribution >= 4 is 5.69 Å². The number of hydrazine groups is 1. The highest BCUT2D eigenvalue weighted by Gasteiger charge is 2.18. The summed E-state index contributed by atoms with van der Waals surface area (Å²) in [5, 5.41) is 1.31. The smallest absolute Gasteiger partial charge is 0.264 e. The maximum atomic E-state index is 13.1. The number of aryl methyl sites for hydroxylation is 1. The maximum Gasteiger partial charge on any atom is 0.264 e. The molecule has 0 saturated carbocycles. The first-order valence-corrected chi connectivity index (χ1v) is 6.43. The molecule has 0 aliphatic carbocycles. The lowest BCUT2D eigenvalue weighted by Crippen LogP contribution is -2.27. The molecular formula is C15H17F2N3O. The molecule has 0 fully saturated rings. The molecule has 0 spiro atoms. The van der Waals surface area contributed by atoms with Crippen molar-refractivity contribution in [3.8, 4) is 5.75 Å². The first-order chi connectivity index (χ1) is 10.0. The molecule has 2 N–H and O–H groups in total. The summed E-state index contributed by atoms with van der Waals surface area (Å²) in [6.07, 6.45) is -0.938. The summed E-state index contributed by atoms with van der Waals surface area (Å²) in [6.45, 7) is 1.80. The molecule has 0 bridgehead atoms. The number of hydrogen-bond acceptors (Lipinski definition) is 4. The first kappa shape index (κ1) is 15.2. The Hall–Kier alpha value is -2.21. The van der Waals surface area contributed by atoms with Gasteiger partial charge in [0.05, 0.1) is 11.4 Å². The molecule has 2 rings (SSSR count). The van der Waals surface area contributed by atoms with E-state index in [9.17, 15) is 8.78 Å². The second-order valence-corrected chi connectivity index (χ2v) is 4.63. The van der Waals surface area contributed by atoms with Crippen molar-refractivity contribution in [2.45, 2.75) is 20.0 Å². The van der Waals surface area contributed by atoms with Gasteiger partial charge in [0.15, 0.2) is 0 Å². The van der Waals surface area contributed by atoms with Crippen LogP contribution in [0.3, 0.4) is 0 Å². The van der Waals surface area contributed by atoms with E-state index in [-0.39, 0.29) is 12.2 Å². The van der Waals surface area contributed by atoms with E-state index >= 15 is 0 Å². The Balaban J connectivity index is 2.32. The first-order valence-electron chi connectivity index (χ1n) is 6.43. The van der Waals surface area contributed by atoms with Crippen molar-refractivity contribution in [1.29, 1.82) is 0 Å². The van der Waals surface area contributed by atoms with Crippen LogP contribution in [0.2, 0.25) is 0 Å². The van der Waals surface area contributed by atoms with Crippen molar-refractivity contribution in [2.75, 3.05) is 12.1 Å². The second-order valence-electron chi connectivity index (χ2n) is 4.63. The van der Waals surface area contributed by atoms with Gasteiger partial charge in [0, 0.05) is 24.4 Å². The molecule has 4 nitrogen and oxygen atoms in total. The van der Waals surface area contributed by atoms with Crippen LogP contribution in [-0.4, -0.2) is 12.0 Å². The van der Waals surface area contributed by atoms with Gasteiger partial charge in [0.1, 0.15) is 12.4 Å². The summed E-state index contributed by atoms with van der Waals surface area (Å²) < 4.78 is 31.9. The number of pyridine rings is 1. The zero-order valence-electron chi connectivity index (χ0n) is 11.9. The summed E-state index contributed by atoms with van der Waals surface area (Å²) in [6, 6.07) is 8.10. The molecule has 0 aliphatic rings. The minimum absolute atomic E-state index is 0.00389. The number of nitrogens with two attached hydrogens (primary N) is 1. The largest absolute Gasteiger partial charge is 0.487 e. The fraction of sp³-hybridized carbons (Fsp3) is 0.267. The van der Waals surface area contributed by atoms with Gasteiger partial charge < -0.3 is 9.75 Å². The highest BCUT2D eigenvalue weighted by atomic mass is 19.3. The second kappa shape index (κ2) is 6.49. The molecule has 1 heterocycles. The van der Waals surface area contributed by atoms with Gasteiger partial charge in [-0.15, -0.1) is 0 Å². The van der Waals surface area contributed by atoms with E-state index in [1.807, 2.05) is 0 Å². The van der Waals surface area contributed by atoms with Crippen LogP contribution < -0.4 is 15.6 Å². The van der Waals surface area contributed by atoms with Crippen molar-refractivity contribution in [2.24, 2.45) is 5.84 Å². The Morgan fingerprint density at radius 2 is 2.05 bits per heavy atom. The molecule has 0 atom stereocenters. The van der Waals surface area contributed by atoms with Gasteiger partial charge in [-0.2, -0.15) is 0 Å². The minimum atomic E-state index is -2.58. The number of aromatic nitrogens is 1. The number of hydrogen-bond donors (Lipinski definition) is 1. The highest BCUT2D eigenvalue weighted by Crippen LogP contribution is 2.30. The number of anilines is 1. The zero-order chi connectivity index (χ0) is 15.4. The molecule has 0 saturated heterocycles. The Bertz CT molecular complexity index is 591. The normalized spacial score (nSPS) is 10.8. The number of halogens is 2. The number of ether oxygens (including phenoxy) is 1. The number of nitrogens with zero attached hydrogens (tertiary/aromatic N) is 2. The van der Waals surface area contributed by atoms with Gasteiger partial charge >= 0.3 is 0 Å². The fourth-order valence-electron chi connectivity index (χ4n) is 2.06. The van der Waals surface area contributed by atoms with Gasteiger partial charge in [0.2, 0.25) is 0 Å². The van der Waals surface area contributed by atoms with Crippen LogP contribution in [-0.2, 0) is 6.61 Å². The van der Waals surface area contributed by atoms with Crippen molar-refractivity contribution in [1.82, 2.24) is 4.98 Å². The molecule has 0 radical (unpaired) electrons. The lowest BCUT2D eigenvalue weighted by molar-refractivity contribution is 0.148. The number of benzene rings is 1. The zero-order valence-corrected chi connectivity index (χ0v) is 11.9. The van der Waals surface area contributed by atoms with Crippen molar-refractivity contribution < 1.29 is 13.5 Å². The van der Waals surface area contributed by atoms with E-state index in [0.29, 0.717) is 22.7 Å². The van der Waals surface area contributed by atoms with Crippen LogP contribution in [0.15, 0.2) is 36.5 Å². The van der Waals surface area contributed by atoms with Crippen LogP contribution in [0.25, 0.3) is 0 Å². The van der Waals surface area contributed by atoms with Crippen molar-refractivity contribution in [3.05, 3.63) is 53.3 Å². The monoisotopic (exact) mass is 293 g/mol. The lowest BCUT2D eigenvalue weighted by Gasteiger charge is -2.20. The lowest BCUT2D eigenvalue weighted by atomic mass is 10.1. The molecule has 21 heavy (non-hydrogen) atoms. The number of alkyl halides is 2. The predicted molar refractivity (Wildman–Crippen MR) is 77.3 cm³/mol. The Morgan fingerprint density at radius 1 is 1.29 bits per heavy atom. The Kier molecular flexibility index (Phi) is 4.70. The average Bonchev–Trinajstić information content (AvgIpc) is 2.45. The van der Waals surface area contributed by atoms with E-state index in [4.69, 9.17) is 10.6 Å². The topological polar surface area (TPSA) is 51.4 Å². The molecule has 112 valence electrons. The molecule has 1 aromatic carbocycles. The fourth-order valence-corrected chi connectivity index (χ4v) is 2.06. The van der Waals surface area contributed by atoms with Crippen LogP contribution in [0, 0.1) is 6.92 Å². The predicted octanol–water partition coefficient (Wildman–Crippen LogP) is 3.22. The van der Waals surface area contributed by atoms with Crippen LogP contribution in [0.5, 0.6) is 5.75 Å². The van der Waals surface area contributed by atoms with Gasteiger partial charge in [-0.25, -0.2) is 14.6 Å². The van der Waals surface area contributed by atoms with Crippen LogP contribution in [0.4, 0.5) is 14.5 Å². The quantitative estimate of drug-likeness (QED) is 0.679. The molecule has 2 aromatic rings. The van der Waals surface area contributed by atoms with Crippen molar-refractivity contribution in [3.63, 3.8) is 0 Å². The third-order valence-corrected chi connectivity index (χ3v) is 3.13.